The Balaban J connectivity index is 1.42. The number of morpholine rings is 1. The number of piperidine rings is 2. The molecule has 0 aromatic rings. The predicted molar refractivity (Wildman–Crippen MR) is 104 cm³/mol. The van der Waals surface area contributed by atoms with Crippen LogP contribution in [0.5, 0.6) is 0 Å². The van der Waals surface area contributed by atoms with Gasteiger partial charge in [0, 0.05) is 32.7 Å². The van der Waals surface area contributed by atoms with Crippen molar-refractivity contribution < 1.29 is 17.9 Å². The molecule has 3 heterocycles. The molecule has 1 N–H and O–H groups in total. The highest BCUT2D eigenvalue weighted by atomic mass is 32.2. The van der Waals surface area contributed by atoms with Crippen molar-refractivity contribution in [3.63, 3.8) is 0 Å². The molecule has 0 aromatic carbocycles. The van der Waals surface area contributed by atoms with Gasteiger partial charge in [0.25, 0.3) is 10.2 Å². The lowest BCUT2D eigenvalue weighted by molar-refractivity contribution is -0.126. The van der Waals surface area contributed by atoms with Crippen LogP contribution >= 0.6 is 0 Å². The van der Waals surface area contributed by atoms with Crippen LogP contribution in [0.15, 0.2) is 0 Å². The second-order valence-electron chi connectivity index (χ2n) is 7.76. The van der Waals surface area contributed by atoms with Gasteiger partial charge in [0.1, 0.15) is 0 Å². The van der Waals surface area contributed by atoms with Gasteiger partial charge in [0.15, 0.2) is 0 Å². The van der Waals surface area contributed by atoms with E-state index in [1.54, 1.807) is 0 Å². The highest BCUT2D eigenvalue weighted by Crippen LogP contribution is 2.22. The van der Waals surface area contributed by atoms with Crippen molar-refractivity contribution in [2.75, 3.05) is 65.6 Å². The molecule has 1 unspecified atom stereocenters. The largest absolute Gasteiger partial charge is 0.379 e. The third-order valence-corrected chi connectivity index (χ3v) is 7.78. The van der Waals surface area contributed by atoms with Crippen molar-refractivity contribution in [3.8, 4) is 0 Å². The summed E-state index contributed by atoms with van der Waals surface area (Å²) in [5.74, 6) is -0.250. The molecule has 3 rings (SSSR count). The number of likely N-dealkylation sites (tertiary alicyclic amines) is 1. The fourth-order valence-corrected chi connectivity index (χ4v) is 5.81. The third-order valence-electron chi connectivity index (χ3n) is 5.78. The second kappa shape index (κ2) is 10.2. The SMILES string of the molecule is O=C(NCCCN1CCCCC1)C1CCCN(S(=O)(=O)N2CCOCC2)C1. The van der Waals surface area contributed by atoms with Gasteiger partial charge in [-0.2, -0.15) is 17.0 Å². The highest BCUT2D eigenvalue weighted by Gasteiger charge is 2.36. The molecule has 0 aliphatic carbocycles. The minimum atomic E-state index is -3.49. The summed E-state index contributed by atoms with van der Waals surface area (Å²) in [5.41, 5.74) is 0. The topological polar surface area (TPSA) is 82.2 Å². The molecule has 1 amide bonds. The molecule has 0 aromatic heterocycles. The van der Waals surface area contributed by atoms with E-state index >= 15 is 0 Å². The highest BCUT2D eigenvalue weighted by molar-refractivity contribution is 7.86. The number of carbonyl (C=O) groups is 1. The lowest BCUT2D eigenvalue weighted by Crippen LogP contribution is -2.53. The van der Waals surface area contributed by atoms with E-state index in [-0.39, 0.29) is 18.4 Å². The number of nitrogens with one attached hydrogen (secondary N) is 1. The lowest BCUT2D eigenvalue weighted by atomic mass is 9.99. The zero-order valence-electron chi connectivity index (χ0n) is 16.3. The maximum absolute atomic E-state index is 12.8. The predicted octanol–water partition coefficient (Wildman–Crippen LogP) is 0.268. The summed E-state index contributed by atoms with van der Waals surface area (Å²) < 4.78 is 33.8. The van der Waals surface area contributed by atoms with Gasteiger partial charge < -0.3 is 15.0 Å². The van der Waals surface area contributed by atoms with Crippen LogP contribution in [0.3, 0.4) is 0 Å². The van der Waals surface area contributed by atoms with Crippen molar-refractivity contribution in [1.29, 1.82) is 0 Å². The average Bonchev–Trinajstić information content (AvgIpc) is 2.72. The van der Waals surface area contributed by atoms with Gasteiger partial charge in [-0.15, -0.1) is 0 Å². The normalized spacial score (nSPS) is 26.7. The van der Waals surface area contributed by atoms with Crippen molar-refractivity contribution in [2.24, 2.45) is 5.92 Å². The van der Waals surface area contributed by atoms with Gasteiger partial charge in [0.2, 0.25) is 5.91 Å². The Bertz CT molecular complexity index is 574. The molecule has 3 aliphatic rings. The molecular weight excluding hydrogens is 368 g/mol. The van der Waals surface area contributed by atoms with Crippen LogP contribution in [0.4, 0.5) is 0 Å². The molecule has 156 valence electrons. The van der Waals surface area contributed by atoms with E-state index < -0.39 is 10.2 Å². The van der Waals surface area contributed by atoms with Crippen LogP contribution in [0.2, 0.25) is 0 Å². The van der Waals surface area contributed by atoms with Crippen LogP contribution in [0.25, 0.3) is 0 Å². The zero-order valence-corrected chi connectivity index (χ0v) is 17.1. The van der Waals surface area contributed by atoms with Gasteiger partial charge in [0.05, 0.1) is 19.1 Å². The number of hydrogen-bond donors (Lipinski definition) is 1. The molecule has 0 saturated carbocycles. The molecule has 0 bridgehead atoms. The molecule has 27 heavy (non-hydrogen) atoms. The lowest BCUT2D eigenvalue weighted by Gasteiger charge is -2.36. The number of nitrogens with zero attached hydrogens (tertiary/aromatic N) is 3. The number of ether oxygens (including phenoxy) is 1. The first kappa shape index (κ1) is 21.0. The monoisotopic (exact) mass is 402 g/mol. The second-order valence-corrected chi connectivity index (χ2v) is 9.69. The van der Waals surface area contributed by atoms with E-state index in [4.69, 9.17) is 4.74 Å². The summed E-state index contributed by atoms with van der Waals surface area (Å²) in [6.45, 7) is 6.50. The Kier molecular flexibility index (Phi) is 7.89. The van der Waals surface area contributed by atoms with Crippen molar-refractivity contribution in [1.82, 2.24) is 18.8 Å². The van der Waals surface area contributed by atoms with E-state index in [9.17, 15) is 13.2 Å². The van der Waals surface area contributed by atoms with Crippen LogP contribution < -0.4 is 5.32 Å². The molecular formula is C18H34N4O4S. The molecule has 8 nitrogen and oxygen atoms in total. The summed E-state index contributed by atoms with van der Waals surface area (Å²) in [7, 11) is -3.49. The Morgan fingerprint density at radius 2 is 1.70 bits per heavy atom. The van der Waals surface area contributed by atoms with Crippen LogP contribution in [0.1, 0.15) is 38.5 Å². The molecule has 3 aliphatic heterocycles. The Morgan fingerprint density at radius 1 is 0.963 bits per heavy atom. The van der Waals surface area contributed by atoms with E-state index in [0.717, 1.165) is 25.8 Å². The zero-order chi connectivity index (χ0) is 19.1. The molecule has 0 spiro atoms. The standard InChI is InChI=1S/C18H34N4O4S/c23-18(19-7-5-10-20-8-2-1-3-9-20)17-6-4-11-22(16-17)27(24,25)21-12-14-26-15-13-21/h17H,1-16H2,(H,19,23). The first-order valence-corrected chi connectivity index (χ1v) is 11.8. The summed E-state index contributed by atoms with van der Waals surface area (Å²) in [6, 6.07) is 0. The Morgan fingerprint density at radius 3 is 2.44 bits per heavy atom. The van der Waals surface area contributed by atoms with E-state index in [1.165, 1.54) is 41.0 Å². The van der Waals surface area contributed by atoms with Crippen molar-refractivity contribution in [2.45, 2.75) is 38.5 Å². The summed E-state index contributed by atoms with van der Waals surface area (Å²) in [6.07, 6.45) is 6.33. The van der Waals surface area contributed by atoms with Crippen molar-refractivity contribution in [3.05, 3.63) is 0 Å². The van der Waals surface area contributed by atoms with Crippen LogP contribution in [0, 0.1) is 5.92 Å². The molecule has 9 heteroatoms. The fourth-order valence-electron chi connectivity index (χ4n) is 4.15. The van der Waals surface area contributed by atoms with Crippen molar-refractivity contribution >= 4 is 16.1 Å². The fraction of sp³-hybridized carbons (Fsp3) is 0.944. The average molecular weight is 403 g/mol. The Hall–Kier alpha value is -0.740. The minimum absolute atomic E-state index is 0.00415. The number of hydrogen-bond acceptors (Lipinski definition) is 5. The minimum Gasteiger partial charge on any atom is -0.379 e. The van der Waals surface area contributed by atoms with Gasteiger partial charge in [-0.1, -0.05) is 6.42 Å². The van der Waals surface area contributed by atoms with E-state index in [0.29, 0.717) is 39.4 Å². The van der Waals surface area contributed by atoms with Crippen LogP contribution in [-0.2, 0) is 19.7 Å². The number of carbonyl (C=O) groups excluding carboxylic acids is 1. The van der Waals surface area contributed by atoms with Gasteiger partial charge in [-0.3, -0.25) is 4.79 Å². The molecule has 1 atom stereocenters. The van der Waals surface area contributed by atoms with E-state index in [1.807, 2.05) is 0 Å². The van der Waals surface area contributed by atoms with Gasteiger partial charge >= 0.3 is 0 Å². The van der Waals surface area contributed by atoms with Crippen LogP contribution in [-0.4, -0.2) is 93.4 Å². The summed E-state index contributed by atoms with van der Waals surface area (Å²) in [4.78, 5) is 15.0. The maximum Gasteiger partial charge on any atom is 0.282 e. The first-order valence-electron chi connectivity index (χ1n) is 10.4. The quantitative estimate of drug-likeness (QED) is 0.618. The smallest absolute Gasteiger partial charge is 0.282 e. The molecule has 0 radical (unpaired) electrons. The van der Waals surface area contributed by atoms with E-state index in [2.05, 4.69) is 10.2 Å². The van der Waals surface area contributed by atoms with Gasteiger partial charge in [-0.05, 0) is 51.7 Å². The third kappa shape index (κ3) is 5.87. The first-order chi connectivity index (χ1) is 13.1. The Labute approximate surface area is 163 Å². The molecule has 3 fully saturated rings. The maximum atomic E-state index is 12.8. The number of amides is 1. The summed E-state index contributed by atoms with van der Waals surface area (Å²) >= 11 is 0. The summed E-state index contributed by atoms with van der Waals surface area (Å²) in [5, 5.41) is 3.02. The number of rotatable bonds is 7. The molecule has 3 saturated heterocycles. The van der Waals surface area contributed by atoms with Gasteiger partial charge in [-0.25, -0.2) is 0 Å².